The van der Waals surface area contributed by atoms with Crippen LogP contribution in [0.2, 0.25) is 0 Å². The molecule has 0 aliphatic rings. The van der Waals surface area contributed by atoms with E-state index in [0.717, 1.165) is 17.7 Å². The highest BCUT2D eigenvalue weighted by atomic mass is 16.5. The number of aliphatic hydroxyl groups is 1. The Morgan fingerprint density at radius 1 is 1.12 bits per heavy atom. The Hall–Kier alpha value is -1.02. The summed E-state index contributed by atoms with van der Waals surface area (Å²) in [4.78, 5) is 0. The number of hydrogen-bond donors (Lipinski definition) is 1. The molecule has 16 heavy (non-hydrogen) atoms. The average Bonchev–Trinajstić information content (AvgIpc) is 2.25. The molecule has 0 aliphatic carbocycles. The number of hydrogen-bond acceptors (Lipinski definition) is 2. The third-order valence-electron chi connectivity index (χ3n) is 2.97. The summed E-state index contributed by atoms with van der Waals surface area (Å²) in [5.41, 5.74) is 3.70. The summed E-state index contributed by atoms with van der Waals surface area (Å²) in [7, 11) is 0. The number of aryl methyl sites for hydroxylation is 3. The van der Waals surface area contributed by atoms with E-state index in [0.29, 0.717) is 13.0 Å². The van der Waals surface area contributed by atoms with Crippen LogP contribution in [0.25, 0.3) is 0 Å². The third kappa shape index (κ3) is 3.53. The van der Waals surface area contributed by atoms with E-state index in [1.165, 1.54) is 11.1 Å². The van der Waals surface area contributed by atoms with Crippen LogP contribution in [0.3, 0.4) is 0 Å². The van der Waals surface area contributed by atoms with E-state index in [2.05, 4.69) is 32.9 Å². The number of rotatable bonds is 5. The van der Waals surface area contributed by atoms with Crippen LogP contribution in [0, 0.1) is 20.8 Å². The van der Waals surface area contributed by atoms with Crippen LogP contribution in [0.15, 0.2) is 12.1 Å². The minimum absolute atomic E-state index is 0.244. The van der Waals surface area contributed by atoms with Crippen LogP contribution in [0.5, 0.6) is 5.75 Å². The normalized spacial score (nSPS) is 12.6. The van der Waals surface area contributed by atoms with Crippen molar-refractivity contribution in [2.75, 3.05) is 6.61 Å². The van der Waals surface area contributed by atoms with Crippen molar-refractivity contribution in [3.05, 3.63) is 28.8 Å². The maximum Gasteiger partial charge on any atom is 0.122 e. The van der Waals surface area contributed by atoms with Gasteiger partial charge in [-0.05, 0) is 49.9 Å². The second-order valence-electron chi connectivity index (χ2n) is 4.40. The monoisotopic (exact) mass is 222 g/mol. The van der Waals surface area contributed by atoms with E-state index in [-0.39, 0.29) is 6.10 Å². The lowest BCUT2D eigenvalue weighted by atomic mass is 10.1. The molecule has 0 amide bonds. The van der Waals surface area contributed by atoms with Crippen molar-refractivity contribution < 1.29 is 9.84 Å². The summed E-state index contributed by atoms with van der Waals surface area (Å²) in [6.45, 7) is 8.80. The highest BCUT2D eigenvalue weighted by Gasteiger charge is 2.05. The van der Waals surface area contributed by atoms with Crippen molar-refractivity contribution in [3.8, 4) is 5.75 Å². The van der Waals surface area contributed by atoms with Gasteiger partial charge in [-0.2, -0.15) is 0 Å². The molecule has 0 saturated carbocycles. The van der Waals surface area contributed by atoms with Crippen molar-refractivity contribution in [2.24, 2.45) is 0 Å². The van der Waals surface area contributed by atoms with Crippen LogP contribution < -0.4 is 4.74 Å². The predicted octanol–water partition coefficient (Wildman–Crippen LogP) is 3.15. The summed E-state index contributed by atoms with van der Waals surface area (Å²) in [6, 6.07) is 4.21. The molecule has 2 nitrogen and oxygen atoms in total. The molecule has 1 aromatic rings. The van der Waals surface area contributed by atoms with Crippen LogP contribution in [0.4, 0.5) is 0 Å². The van der Waals surface area contributed by atoms with Gasteiger partial charge in [0.1, 0.15) is 5.75 Å². The van der Waals surface area contributed by atoms with E-state index >= 15 is 0 Å². The van der Waals surface area contributed by atoms with E-state index in [1.807, 2.05) is 6.92 Å². The fourth-order valence-corrected chi connectivity index (χ4v) is 1.60. The fourth-order valence-electron chi connectivity index (χ4n) is 1.60. The fraction of sp³-hybridized carbons (Fsp3) is 0.571. The Bertz CT molecular complexity index is 345. The second kappa shape index (κ2) is 5.90. The second-order valence-corrected chi connectivity index (χ2v) is 4.40. The Balaban J connectivity index is 2.57. The maximum absolute atomic E-state index is 9.42. The minimum atomic E-state index is -0.244. The van der Waals surface area contributed by atoms with Crippen molar-refractivity contribution in [2.45, 2.75) is 46.6 Å². The Morgan fingerprint density at radius 2 is 1.75 bits per heavy atom. The van der Waals surface area contributed by atoms with E-state index in [9.17, 15) is 5.11 Å². The number of aliphatic hydroxyl groups excluding tert-OH is 1. The van der Waals surface area contributed by atoms with Crippen molar-refractivity contribution in [1.82, 2.24) is 0 Å². The van der Waals surface area contributed by atoms with Gasteiger partial charge in [-0.3, -0.25) is 0 Å². The Labute approximate surface area is 98.3 Å². The highest BCUT2D eigenvalue weighted by Crippen LogP contribution is 2.22. The van der Waals surface area contributed by atoms with Gasteiger partial charge in [-0.25, -0.2) is 0 Å². The molecule has 0 spiro atoms. The molecule has 0 aliphatic heterocycles. The molecule has 1 N–H and O–H groups in total. The first-order chi connectivity index (χ1) is 7.54. The molecule has 2 heteroatoms. The lowest BCUT2D eigenvalue weighted by Gasteiger charge is -2.13. The average molecular weight is 222 g/mol. The predicted molar refractivity (Wildman–Crippen MR) is 67.1 cm³/mol. The van der Waals surface area contributed by atoms with Gasteiger partial charge in [0.15, 0.2) is 0 Å². The van der Waals surface area contributed by atoms with Crippen LogP contribution in [-0.4, -0.2) is 17.8 Å². The largest absolute Gasteiger partial charge is 0.493 e. The molecule has 1 atom stereocenters. The van der Waals surface area contributed by atoms with E-state index in [4.69, 9.17) is 4.74 Å². The lowest BCUT2D eigenvalue weighted by Crippen LogP contribution is -2.11. The molecule has 0 fully saturated rings. The maximum atomic E-state index is 9.42. The standard InChI is InChI=1S/C14H22O2/c1-5-13(15)6-7-16-14-9-11(3)10(2)8-12(14)4/h8-9,13,15H,5-7H2,1-4H3. The van der Waals surface area contributed by atoms with Gasteiger partial charge < -0.3 is 9.84 Å². The molecule has 90 valence electrons. The first-order valence-corrected chi connectivity index (χ1v) is 5.93. The van der Waals surface area contributed by atoms with E-state index < -0.39 is 0 Å². The number of ether oxygens (including phenoxy) is 1. The summed E-state index contributed by atoms with van der Waals surface area (Å²) in [6.07, 6.45) is 1.24. The van der Waals surface area contributed by atoms with Gasteiger partial charge in [0.05, 0.1) is 12.7 Å². The summed E-state index contributed by atoms with van der Waals surface area (Å²) < 4.78 is 5.69. The van der Waals surface area contributed by atoms with Crippen molar-refractivity contribution >= 4 is 0 Å². The smallest absolute Gasteiger partial charge is 0.122 e. The van der Waals surface area contributed by atoms with Gasteiger partial charge in [0.25, 0.3) is 0 Å². The van der Waals surface area contributed by atoms with Crippen molar-refractivity contribution in [3.63, 3.8) is 0 Å². The molecular formula is C14H22O2. The first-order valence-electron chi connectivity index (χ1n) is 5.93. The van der Waals surface area contributed by atoms with Gasteiger partial charge >= 0.3 is 0 Å². The van der Waals surface area contributed by atoms with Crippen molar-refractivity contribution in [1.29, 1.82) is 0 Å². The molecular weight excluding hydrogens is 200 g/mol. The lowest BCUT2D eigenvalue weighted by molar-refractivity contribution is 0.135. The van der Waals surface area contributed by atoms with Gasteiger partial charge in [0, 0.05) is 6.42 Å². The van der Waals surface area contributed by atoms with Gasteiger partial charge in [-0.1, -0.05) is 13.0 Å². The van der Waals surface area contributed by atoms with Gasteiger partial charge in [-0.15, -0.1) is 0 Å². The Kier molecular flexibility index (Phi) is 4.81. The molecule has 0 bridgehead atoms. The molecule has 1 aromatic carbocycles. The zero-order chi connectivity index (χ0) is 12.1. The highest BCUT2D eigenvalue weighted by molar-refractivity contribution is 5.40. The molecule has 0 aromatic heterocycles. The molecule has 0 radical (unpaired) electrons. The molecule has 0 heterocycles. The molecule has 0 saturated heterocycles. The third-order valence-corrected chi connectivity index (χ3v) is 2.97. The van der Waals surface area contributed by atoms with Crippen LogP contribution in [0.1, 0.15) is 36.5 Å². The summed E-state index contributed by atoms with van der Waals surface area (Å²) >= 11 is 0. The van der Waals surface area contributed by atoms with Crippen LogP contribution in [-0.2, 0) is 0 Å². The van der Waals surface area contributed by atoms with Gasteiger partial charge in [0.2, 0.25) is 0 Å². The quantitative estimate of drug-likeness (QED) is 0.829. The molecule has 1 unspecified atom stereocenters. The SMILES string of the molecule is CCC(O)CCOc1cc(C)c(C)cc1C. The van der Waals surface area contributed by atoms with E-state index in [1.54, 1.807) is 0 Å². The summed E-state index contributed by atoms with van der Waals surface area (Å²) in [5, 5.41) is 9.42. The number of benzene rings is 1. The first kappa shape index (κ1) is 13.0. The topological polar surface area (TPSA) is 29.5 Å². The zero-order valence-corrected chi connectivity index (χ0v) is 10.7. The van der Waals surface area contributed by atoms with Crippen LogP contribution >= 0.6 is 0 Å². The minimum Gasteiger partial charge on any atom is -0.493 e. The molecule has 1 rings (SSSR count). The Morgan fingerprint density at radius 3 is 2.38 bits per heavy atom. The summed E-state index contributed by atoms with van der Waals surface area (Å²) in [5.74, 6) is 0.936. The zero-order valence-electron chi connectivity index (χ0n) is 10.7.